The first-order valence-electron chi connectivity index (χ1n) is 11.3. The molecule has 0 aliphatic carbocycles. The molecular weight excluding hydrogens is 322 g/mol. The topological polar surface area (TPSA) is 102 Å². The highest BCUT2D eigenvalue weighted by Gasteiger charge is 2.11. The van der Waals surface area contributed by atoms with E-state index in [1.54, 1.807) is 0 Å². The zero-order valence-electron chi connectivity index (χ0n) is 17.8. The minimum Gasteiger partial charge on any atom is -0.326 e. The van der Waals surface area contributed by atoms with Gasteiger partial charge >= 0.3 is 0 Å². The standard InChI is InChI=1S/C21H49N5/c1-3-4-5-6-7-8-9-10-11-12-16-25-17-13-14-20(22)19(2)26-18-15-21(23)24/h19-21,25-26H,3-18,22-24H2,1-2H3. The van der Waals surface area contributed by atoms with Gasteiger partial charge in [0, 0.05) is 12.1 Å². The molecule has 2 atom stereocenters. The number of nitrogens with two attached hydrogens (primary N) is 3. The van der Waals surface area contributed by atoms with Gasteiger partial charge in [0.25, 0.3) is 0 Å². The van der Waals surface area contributed by atoms with E-state index in [0.29, 0.717) is 6.04 Å². The summed E-state index contributed by atoms with van der Waals surface area (Å²) < 4.78 is 0. The van der Waals surface area contributed by atoms with E-state index in [4.69, 9.17) is 17.2 Å². The van der Waals surface area contributed by atoms with Crippen LogP contribution in [0.15, 0.2) is 0 Å². The Morgan fingerprint density at radius 1 is 0.654 bits per heavy atom. The van der Waals surface area contributed by atoms with Crippen LogP contribution in [0.2, 0.25) is 0 Å². The third-order valence-corrected chi connectivity index (χ3v) is 5.18. The number of hydrogen-bond acceptors (Lipinski definition) is 5. The fourth-order valence-corrected chi connectivity index (χ4v) is 3.20. The van der Waals surface area contributed by atoms with Crippen molar-refractivity contribution < 1.29 is 0 Å². The smallest absolute Gasteiger partial charge is 0.0533 e. The van der Waals surface area contributed by atoms with E-state index < -0.39 is 0 Å². The molecular formula is C21H49N5. The second-order valence-corrected chi connectivity index (χ2v) is 7.93. The summed E-state index contributed by atoms with van der Waals surface area (Å²) in [5.41, 5.74) is 17.3. The summed E-state index contributed by atoms with van der Waals surface area (Å²) in [5, 5.41) is 6.96. The van der Waals surface area contributed by atoms with Crippen LogP contribution < -0.4 is 27.8 Å². The summed E-state index contributed by atoms with van der Waals surface area (Å²) in [4.78, 5) is 0. The van der Waals surface area contributed by atoms with Gasteiger partial charge in [0.05, 0.1) is 6.17 Å². The molecule has 0 aromatic heterocycles. The molecule has 0 fully saturated rings. The van der Waals surface area contributed by atoms with Crippen molar-refractivity contribution >= 4 is 0 Å². The third-order valence-electron chi connectivity index (χ3n) is 5.18. The lowest BCUT2D eigenvalue weighted by molar-refractivity contribution is 0.413. The maximum absolute atomic E-state index is 6.23. The number of hydrogen-bond donors (Lipinski definition) is 5. The minimum atomic E-state index is -0.235. The highest BCUT2D eigenvalue weighted by molar-refractivity contribution is 4.75. The van der Waals surface area contributed by atoms with Crippen LogP contribution in [0.3, 0.4) is 0 Å². The molecule has 5 heteroatoms. The van der Waals surface area contributed by atoms with Crippen LogP contribution in [0, 0.1) is 0 Å². The summed E-state index contributed by atoms with van der Waals surface area (Å²) in [6, 6.07) is 0.513. The average molecular weight is 372 g/mol. The first-order valence-corrected chi connectivity index (χ1v) is 11.3. The van der Waals surface area contributed by atoms with E-state index >= 15 is 0 Å². The third kappa shape index (κ3) is 18.6. The van der Waals surface area contributed by atoms with Crippen LogP contribution in [-0.4, -0.2) is 37.9 Å². The van der Waals surface area contributed by atoms with Crippen LogP contribution in [0.4, 0.5) is 0 Å². The van der Waals surface area contributed by atoms with E-state index in [9.17, 15) is 0 Å². The SMILES string of the molecule is CCCCCCCCCCCCNCCCC(N)C(C)NCCC(N)N. The summed E-state index contributed by atoms with van der Waals surface area (Å²) >= 11 is 0. The molecule has 0 bridgehead atoms. The van der Waals surface area contributed by atoms with Gasteiger partial charge in [0.2, 0.25) is 0 Å². The molecule has 0 spiro atoms. The molecule has 0 aromatic rings. The molecule has 0 rings (SSSR count). The molecule has 5 nitrogen and oxygen atoms in total. The molecule has 0 aliphatic heterocycles. The molecule has 0 saturated heterocycles. The largest absolute Gasteiger partial charge is 0.326 e. The molecule has 0 heterocycles. The van der Waals surface area contributed by atoms with Crippen LogP contribution in [0.1, 0.15) is 97.3 Å². The van der Waals surface area contributed by atoms with Gasteiger partial charge in [-0.2, -0.15) is 0 Å². The van der Waals surface area contributed by atoms with Crippen molar-refractivity contribution in [2.45, 2.75) is 116 Å². The van der Waals surface area contributed by atoms with Crippen LogP contribution in [-0.2, 0) is 0 Å². The summed E-state index contributed by atoms with van der Waals surface area (Å²) in [6.45, 7) is 7.48. The first kappa shape index (κ1) is 25.8. The highest BCUT2D eigenvalue weighted by atomic mass is 15.0. The van der Waals surface area contributed by atoms with Gasteiger partial charge in [-0.1, -0.05) is 64.7 Å². The Kier molecular flexibility index (Phi) is 19.4. The van der Waals surface area contributed by atoms with Crippen molar-refractivity contribution in [1.29, 1.82) is 0 Å². The normalized spacial score (nSPS) is 14.1. The maximum atomic E-state index is 6.23. The molecule has 0 amide bonds. The van der Waals surface area contributed by atoms with Crippen molar-refractivity contribution in [3.05, 3.63) is 0 Å². The molecule has 2 unspecified atom stereocenters. The lowest BCUT2D eigenvalue weighted by atomic mass is 10.1. The quantitative estimate of drug-likeness (QED) is 0.167. The zero-order chi connectivity index (χ0) is 19.5. The van der Waals surface area contributed by atoms with Gasteiger partial charge in [-0.15, -0.1) is 0 Å². The number of rotatable bonds is 20. The van der Waals surface area contributed by atoms with E-state index in [-0.39, 0.29) is 12.2 Å². The maximum Gasteiger partial charge on any atom is 0.0533 e. The fraction of sp³-hybridized carbons (Fsp3) is 1.00. The Morgan fingerprint density at radius 3 is 1.77 bits per heavy atom. The van der Waals surface area contributed by atoms with Crippen molar-refractivity contribution in [3.63, 3.8) is 0 Å². The predicted molar refractivity (Wildman–Crippen MR) is 116 cm³/mol. The van der Waals surface area contributed by atoms with Crippen molar-refractivity contribution in [2.75, 3.05) is 19.6 Å². The summed E-state index contributed by atoms with van der Waals surface area (Å²) in [5.74, 6) is 0. The van der Waals surface area contributed by atoms with E-state index in [1.165, 1.54) is 64.2 Å². The molecule has 8 N–H and O–H groups in total. The fourth-order valence-electron chi connectivity index (χ4n) is 3.20. The number of nitrogens with one attached hydrogen (secondary N) is 2. The van der Waals surface area contributed by atoms with Crippen LogP contribution in [0.25, 0.3) is 0 Å². The average Bonchev–Trinajstić information content (AvgIpc) is 2.61. The van der Waals surface area contributed by atoms with E-state index in [0.717, 1.165) is 38.9 Å². The first-order chi connectivity index (χ1) is 12.6. The van der Waals surface area contributed by atoms with Gasteiger partial charge in [-0.3, -0.25) is 0 Å². The van der Waals surface area contributed by atoms with Gasteiger partial charge in [-0.25, -0.2) is 0 Å². The molecule has 0 aromatic carbocycles. The van der Waals surface area contributed by atoms with E-state index in [1.807, 2.05) is 0 Å². The minimum absolute atomic E-state index is 0.197. The Morgan fingerprint density at radius 2 is 1.19 bits per heavy atom. The Labute approximate surface area is 163 Å². The Hall–Kier alpha value is -0.200. The molecule has 0 saturated carbocycles. The molecule has 0 aliphatic rings. The second-order valence-electron chi connectivity index (χ2n) is 7.93. The summed E-state index contributed by atoms with van der Waals surface area (Å²) in [7, 11) is 0. The molecule has 158 valence electrons. The van der Waals surface area contributed by atoms with Gasteiger partial charge in [0.1, 0.15) is 0 Å². The van der Waals surface area contributed by atoms with Crippen molar-refractivity contribution in [2.24, 2.45) is 17.2 Å². The van der Waals surface area contributed by atoms with Crippen molar-refractivity contribution in [1.82, 2.24) is 10.6 Å². The predicted octanol–water partition coefficient (Wildman–Crippen LogP) is 3.22. The zero-order valence-corrected chi connectivity index (χ0v) is 17.8. The van der Waals surface area contributed by atoms with E-state index in [2.05, 4.69) is 24.5 Å². The van der Waals surface area contributed by atoms with Crippen LogP contribution in [0.5, 0.6) is 0 Å². The number of unbranched alkanes of at least 4 members (excludes halogenated alkanes) is 9. The second kappa shape index (κ2) is 19.6. The van der Waals surface area contributed by atoms with Gasteiger partial charge in [0.15, 0.2) is 0 Å². The highest BCUT2D eigenvalue weighted by Crippen LogP contribution is 2.10. The monoisotopic (exact) mass is 371 g/mol. The lowest BCUT2D eigenvalue weighted by Gasteiger charge is -2.21. The van der Waals surface area contributed by atoms with Crippen molar-refractivity contribution in [3.8, 4) is 0 Å². The van der Waals surface area contributed by atoms with Gasteiger partial charge < -0.3 is 27.8 Å². The summed E-state index contributed by atoms with van der Waals surface area (Å²) in [6.07, 6.45) is 16.7. The Bertz CT molecular complexity index is 273. The Balaban J connectivity index is 3.25. The molecule has 0 radical (unpaired) electrons. The van der Waals surface area contributed by atoms with Crippen LogP contribution >= 0.6 is 0 Å². The lowest BCUT2D eigenvalue weighted by Crippen LogP contribution is -2.45. The van der Waals surface area contributed by atoms with Gasteiger partial charge in [-0.05, 0) is 52.2 Å². The molecule has 26 heavy (non-hydrogen) atoms.